The largest absolute Gasteiger partial charge is 0.327 e. The first-order chi connectivity index (χ1) is 13.7. The van der Waals surface area contributed by atoms with Gasteiger partial charge >= 0.3 is 0 Å². The lowest BCUT2D eigenvalue weighted by atomic mass is 10.1. The molecule has 1 unspecified atom stereocenters. The van der Waals surface area contributed by atoms with Crippen molar-refractivity contribution in [2.45, 2.75) is 32.2 Å². The maximum atomic E-state index is 13.0. The van der Waals surface area contributed by atoms with E-state index in [1.807, 2.05) is 66.7 Å². The Bertz CT molecular complexity index is 1010. The van der Waals surface area contributed by atoms with Gasteiger partial charge in [-0.25, -0.2) is 0 Å². The highest BCUT2D eigenvalue weighted by Gasteiger charge is 2.34. The van der Waals surface area contributed by atoms with Gasteiger partial charge in [0.25, 0.3) is 5.91 Å². The minimum atomic E-state index is -0.433. The number of rotatable bonds is 4. The Labute approximate surface area is 165 Å². The smallest absolute Gasteiger partial charge is 0.254 e. The first-order valence-electron chi connectivity index (χ1n) is 9.86. The predicted molar refractivity (Wildman–Crippen MR) is 112 cm³/mol. The van der Waals surface area contributed by atoms with E-state index in [0.717, 1.165) is 29.3 Å². The SMILES string of the molecule is CCc1ccc(C(=O)N2CCCC2C(=O)Nc2cccc3ccccc23)cc1. The summed E-state index contributed by atoms with van der Waals surface area (Å²) in [6, 6.07) is 21.1. The number of anilines is 1. The molecule has 142 valence electrons. The zero-order chi connectivity index (χ0) is 19.5. The molecule has 4 rings (SSSR count). The molecule has 0 saturated carbocycles. The van der Waals surface area contributed by atoms with Crippen molar-refractivity contribution in [3.05, 3.63) is 77.9 Å². The van der Waals surface area contributed by atoms with Gasteiger partial charge in [0.05, 0.1) is 0 Å². The molecule has 0 bridgehead atoms. The van der Waals surface area contributed by atoms with Gasteiger partial charge in [0, 0.05) is 23.2 Å². The molecule has 1 heterocycles. The highest BCUT2D eigenvalue weighted by Crippen LogP contribution is 2.26. The Hall–Kier alpha value is -3.14. The van der Waals surface area contributed by atoms with Crippen molar-refractivity contribution >= 4 is 28.3 Å². The van der Waals surface area contributed by atoms with Crippen molar-refractivity contribution in [1.29, 1.82) is 0 Å². The van der Waals surface area contributed by atoms with E-state index < -0.39 is 6.04 Å². The van der Waals surface area contributed by atoms with Crippen LogP contribution in [0.4, 0.5) is 5.69 Å². The number of carbonyl (C=O) groups is 2. The lowest BCUT2D eigenvalue weighted by Crippen LogP contribution is -2.43. The third-order valence-corrected chi connectivity index (χ3v) is 5.47. The van der Waals surface area contributed by atoms with Crippen LogP contribution in [0, 0.1) is 0 Å². The van der Waals surface area contributed by atoms with E-state index in [2.05, 4.69) is 12.2 Å². The van der Waals surface area contributed by atoms with Crippen LogP contribution in [0.1, 0.15) is 35.7 Å². The molecule has 1 fully saturated rings. The maximum Gasteiger partial charge on any atom is 0.254 e. The van der Waals surface area contributed by atoms with E-state index >= 15 is 0 Å². The number of nitrogens with one attached hydrogen (secondary N) is 1. The first-order valence-corrected chi connectivity index (χ1v) is 9.86. The first kappa shape index (κ1) is 18.2. The van der Waals surface area contributed by atoms with Gasteiger partial charge in [0.1, 0.15) is 6.04 Å². The summed E-state index contributed by atoms with van der Waals surface area (Å²) in [5, 5.41) is 5.13. The van der Waals surface area contributed by atoms with Crippen LogP contribution < -0.4 is 5.32 Å². The molecule has 0 radical (unpaired) electrons. The highest BCUT2D eigenvalue weighted by molar-refractivity contribution is 6.06. The molecular formula is C24H24N2O2. The van der Waals surface area contributed by atoms with E-state index in [-0.39, 0.29) is 11.8 Å². The van der Waals surface area contributed by atoms with Crippen molar-refractivity contribution in [3.63, 3.8) is 0 Å². The molecule has 2 amide bonds. The standard InChI is InChI=1S/C24H24N2O2/c1-2-17-12-14-19(15-13-17)24(28)26-16-6-11-22(26)23(27)25-21-10-5-8-18-7-3-4-9-20(18)21/h3-5,7-10,12-15,22H,2,6,11,16H2,1H3,(H,25,27). The summed E-state index contributed by atoms with van der Waals surface area (Å²) in [5.74, 6) is -0.189. The average molecular weight is 372 g/mol. The number of amides is 2. The Morgan fingerprint density at radius 1 is 1.00 bits per heavy atom. The third kappa shape index (κ3) is 3.50. The maximum absolute atomic E-state index is 13.0. The van der Waals surface area contributed by atoms with Crippen LogP contribution in [0.15, 0.2) is 66.7 Å². The van der Waals surface area contributed by atoms with Gasteiger partial charge in [0.2, 0.25) is 5.91 Å². The van der Waals surface area contributed by atoms with Crippen molar-refractivity contribution in [1.82, 2.24) is 4.90 Å². The molecule has 1 atom stereocenters. The van der Waals surface area contributed by atoms with E-state index in [4.69, 9.17) is 0 Å². The van der Waals surface area contributed by atoms with Gasteiger partial charge in [-0.05, 0) is 48.4 Å². The normalized spacial score (nSPS) is 16.3. The Morgan fingerprint density at radius 2 is 1.75 bits per heavy atom. The number of fused-ring (bicyclic) bond motifs is 1. The molecule has 1 aliphatic rings. The van der Waals surface area contributed by atoms with Crippen LogP contribution in [0.3, 0.4) is 0 Å². The topological polar surface area (TPSA) is 49.4 Å². The molecule has 1 saturated heterocycles. The van der Waals surface area contributed by atoms with Gasteiger partial charge in [-0.15, -0.1) is 0 Å². The molecule has 0 aliphatic carbocycles. The molecule has 4 nitrogen and oxygen atoms in total. The lowest BCUT2D eigenvalue weighted by molar-refractivity contribution is -0.119. The summed E-state index contributed by atoms with van der Waals surface area (Å²) < 4.78 is 0. The van der Waals surface area contributed by atoms with Crippen LogP contribution >= 0.6 is 0 Å². The second-order valence-electron chi connectivity index (χ2n) is 7.22. The van der Waals surface area contributed by atoms with Crippen LogP contribution in [0.25, 0.3) is 10.8 Å². The fraction of sp³-hybridized carbons (Fsp3) is 0.250. The summed E-state index contributed by atoms with van der Waals surface area (Å²) in [4.78, 5) is 27.7. The Morgan fingerprint density at radius 3 is 2.54 bits per heavy atom. The molecule has 1 aliphatic heterocycles. The van der Waals surface area contributed by atoms with Crippen LogP contribution in [-0.2, 0) is 11.2 Å². The van der Waals surface area contributed by atoms with E-state index in [9.17, 15) is 9.59 Å². The molecule has 0 aromatic heterocycles. The zero-order valence-corrected chi connectivity index (χ0v) is 16.0. The third-order valence-electron chi connectivity index (χ3n) is 5.47. The van der Waals surface area contributed by atoms with Gasteiger partial charge in [-0.2, -0.15) is 0 Å². The minimum absolute atomic E-state index is 0.0711. The van der Waals surface area contributed by atoms with Crippen molar-refractivity contribution < 1.29 is 9.59 Å². The number of carbonyl (C=O) groups excluding carboxylic acids is 2. The van der Waals surface area contributed by atoms with Gasteiger partial charge in [-0.3, -0.25) is 9.59 Å². The van der Waals surface area contributed by atoms with Crippen LogP contribution in [-0.4, -0.2) is 29.3 Å². The fourth-order valence-electron chi connectivity index (χ4n) is 3.88. The number of hydrogen-bond donors (Lipinski definition) is 1. The Balaban J connectivity index is 1.53. The number of aryl methyl sites for hydroxylation is 1. The van der Waals surface area contributed by atoms with Crippen LogP contribution in [0.5, 0.6) is 0 Å². The van der Waals surface area contributed by atoms with E-state index in [0.29, 0.717) is 18.5 Å². The summed E-state index contributed by atoms with van der Waals surface area (Å²) in [7, 11) is 0. The molecule has 28 heavy (non-hydrogen) atoms. The molecular weight excluding hydrogens is 348 g/mol. The van der Waals surface area contributed by atoms with Crippen molar-refractivity contribution in [2.75, 3.05) is 11.9 Å². The van der Waals surface area contributed by atoms with Crippen LogP contribution in [0.2, 0.25) is 0 Å². The summed E-state index contributed by atoms with van der Waals surface area (Å²) in [5.41, 5.74) is 2.62. The summed E-state index contributed by atoms with van der Waals surface area (Å²) in [6.07, 6.45) is 2.47. The quantitative estimate of drug-likeness (QED) is 0.725. The molecule has 3 aromatic carbocycles. The average Bonchev–Trinajstić information content (AvgIpc) is 3.23. The molecule has 0 spiro atoms. The fourth-order valence-corrected chi connectivity index (χ4v) is 3.88. The molecule has 1 N–H and O–H groups in total. The minimum Gasteiger partial charge on any atom is -0.327 e. The Kier molecular flexibility index (Phi) is 5.11. The van der Waals surface area contributed by atoms with Gasteiger partial charge in [-0.1, -0.05) is 55.5 Å². The molecule has 3 aromatic rings. The summed E-state index contributed by atoms with van der Waals surface area (Å²) >= 11 is 0. The number of hydrogen-bond acceptors (Lipinski definition) is 2. The van der Waals surface area contributed by atoms with Gasteiger partial charge in [0.15, 0.2) is 0 Å². The highest BCUT2D eigenvalue weighted by atomic mass is 16.2. The monoisotopic (exact) mass is 372 g/mol. The lowest BCUT2D eigenvalue weighted by Gasteiger charge is -2.24. The number of likely N-dealkylation sites (tertiary alicyclic amines) is 1. The zero-order valence-electron chi connectivity index (χ0n) is 16.0. The number of benzene rings is 3. The van der Waals surface area contributed by atoms with Crippen molar-refractivity contribution in [2.24, 2.45) is 0 Å². The number of nitrogens with zero attached hydrogens (tertiary/aromatic N) is 1. The van der Waals surface area contributed by atoms with Gasteiger partial charge < -0.3 is 10.2 Å². The predicted octanol–water partition coefficient (Wildman–Crippen LogP) is 4.65. The second-order valence-corrected chi connectivity index (χ2v) is 7.22. The van der Waals surface area contributed by atoms with Crippen molar-refractivity contribution in [3.8, 4) is 0 Å². The second kappa shape index (κ2) is 7.85. The van der Waals surface area contributed by atoms with E-state index in [1.54, 1.807) is 4.90 Å². The summed E-state index contributed by atoms with van der Waals surface area (Å²) in [6.45, 7) is 2.70. The molecule has 4 heteroatoms. The van der Waals surface area contributed by atoms with E-state index in [1.165, 1.54) is 5.56 Å².